The van der Waals surface area contributed by atoms with Gasteiger partial charge in [0.1, 0.15) is 0 Å². The third kappa shape index (κ3) is 6.25. The van der Waals surface area contributed by atoms with Crippen LogP contribution in [0.4, 0.5) is 0 Å². The molecule has 6 nitrogen and oxygen atoms in total. The van der Waals surface area contributed by atoms with Crippen LogP contribution in [0.1, 0.15) is 33.8 Å². The van der Waals surface area contributed by atoms with Crippen molar-refractivity contribution in [3.63, 3.8) is 0 Å². The fourth-order valence-electron chi connectivity index (χ4n) is 2.70. The molecule has 8 heteroatoms. The van der Waals surface area contributed by atoms with Crippen molar-refractivity contribution in [2.75, 3.05) is 13.6 Å². The van der Waals surface area contributed by atoms with Gasteiger partial charge in [-0.15, -0.1) is 35.3 Å². The molecule has 2 aromatic heterocycles. The smallest absolute Gasteiger partial charge is 0.191 e. The molecule has 2 heterocycles. The maximum absolute atomic E-state index is 4.49. The number of hydrogen-bond acceptors (Lipinski definition) is 4. The number of nitrogens with one attached hydrogen (secondary N) is 2. The molecule has 0 bridgehead atoms. The highest BCUT2D eigenvalue weighted by Gasteiger charge is 2.14. The van der Waals surface area contributed by atoms with Gasteiger partial charge in [-0.05, 0) is 39.7 Å². The van der Waals surface area contributed by atoms with E-state index in [1.54, 1.807) is 18.4 Å². The zero-order chi connectivity index (χ0) is 17.7. The van der Waals surface area contributed by atoms with Crippen molar-refractivity contribution in [1.82, 2.24) is 25.4 Å². The van der Waals surface area contributed by atoms with E-state index in [1.807, 2.05) is 17.9 Å². The van der Waals surface area contributed by atoms with Crippen molar-refractivity contribution in [2.45, 2.75) is 46.6 Å². The summed E-state index contributed by atoms with van der Waals surface area (Å²) in [5, 5.41) is 12.5. The largest absolute Gasteiger partial charge is 0.356 e. The number of nitrogens with zero attached hydrogens (tertiary/aromatic N) is 4. The van der Waals surface area contributed by atoms with E-state index < -0.39 is 0 Å². The average molecular weight is 476 g/mol. The van der Waals surface area contributed by atoms with E-state index in [1.165, 1.54) is 16.1 Å². The van der Waals surface area contributed by atoms with Gasteiger partial charge in [-0.2, -0.15) is 5.10 Å². The van der Waals surface area contributed by atoms with Gasteiger partial charge in [0.2, 0.25) is 0 Å². The maximum atomic E-state index is 4.49. The Balaban J connectivity index is 0.00000312. The molecule has 0 spiro atoms. The Morgan fingerprint density at radius 1 is 1.36 bits per heavy atom. The molecule has 2 rings (SSSR count). The van der Waals surface area contributed by atoms with Gasteiger partial charge in [0.25, 0.3) is 0 Å². The van der Waals surface area contributed by atoms with E-state index in [-0.39, 0.29) is 30.0 Å². The van der Waals surface area contributed by atoms with Crippen molar-refractivity contribution < 1.29 is 0 Å². The van der Waals surface area contributed by atoms with Crippen molar-refractivity contribution >= 4 is 41.3 Å². The molecule has 0 amide bonds. The lowest BCUT2D eigenvalue weighted by Gasteiger charge is -2.18. The summed E-state index contributed by atoms with van der Waals surface area (Å²) >= 11 is 1.75. The quantitative estimate of drug-likeness (QED) is 0.382. The molecule has 0 aliphatic heterocycles. The SMILES string of the molecule is CN=C(NCCc1ncc(C)s1)NC(C)Cc1c(C)nn(C)c1C.I. The van der Waals surface area contributed by atoms with E-state index >= 15 is 0 Å². The molecule has 0 fully saturated rings. The minimum atomic E-state index is 0. The van der Waals surface area contributed by atoms with Crippen LogP contribution in [-0.2, 0) is 19.9 Å². The molecular formula is C17H29IN6S. The Bertz CT molecular complexity index is 706. The summed E-state index contributed by atoms with van der Waals surface area (Å²) in [5.74, 6) is 0.829. The molecule has 1 unspecified atom stereocenters. The molecule has 2 N–H and O–H groups in total. The van der Waals surface area contributed by atoms with Crippen molar-refractivity contribution in [1.29, 1.82) is 0 Å². The van der Waals surface area contributed by atoms with E-state index in [0.29, 0.717) is 0 Å². The lowest BCUT2D eigenvalue weighted by molar-refractivity contribution is 0.635. The Morgan fingerprint density at radius 3 is 2.60 bits per heavy atom. The normalized spacial score (nSPS) is 12.6. The minimum Gasteiger partial charge on any atom is -0.356 e. The average Bonchev–Trinajstić information content (AvgIpc) is 3.05. The highest BCUT2D eigenvalue weighted by atomic mass is 127. The summed E-state index contributed by atoms with van der Waals surface area (Å²) in [6.07, 6.45) is 3.76. The van der Waals surface area contributed by atoms with Gasteiger partial charge >= 0.3 is 0 Å². The molecule has 25 heavy (non-hydrogen) atoms. The summed E-state index contributed by atoms with van der Waals surface area (Å²) in [6.45, 7) is 9.26. The second kappa shape index (κ2) is 10.1. The molecular weight excluding hydrogens is 447 g/mol. The zero-order valence-corrected chi connectivity index (χ0v) is 19.0. The maximum Gasteiger partial charge on any atom is 0.191 e. The molecule has 140 valence electrons. The molecule has 0 saturated carbocycles. The third-order valence-corrected chi connectivity index (χ3v) is 5.05. The predicted molar refractivity (Wildman–Crippen MR) is 116 cm³/mol. The Labute approximate surface area is 171 Å². The van der Waals surface area contributed by atoms with Crippen LogP contribution in [0.15, 0.2) is 11.2 Å². The summed E-state index contributed by atoms with van der Waals surface area (Å²) < 4.78 is 1.94. The van der Waals surface area contributed by atoms with Gasteiger partial charge in [0.15, 0.2) is 5.96 Å². The van der Waals surface area contributed by atoms with Crippen LogP contribution in [0.2, 0.25) is 0 Å². The number of aromatic nitrogens is 3. The standard InChI is InChI=1S/C17H28N6S.HI/c1-11(9-15-13(3)22-23(6)14(15)4)21-17(18-5)19-8-7-16-20-10-12(2)24-16;/h10-11H,7-9H2,1-6H3,(H2,18,19,21);1H. The lowest BCUT2D eigenvalue weighted by atomic mass is 10.1. The fourth-order valence-corrected chi connectivity index (χ4v) is 3.49. The van der Waals surface area contributed by atoms with Crippen LogP contribution in [0, 0.1) is 20.8 Å². The first-order valence-electron chi connectivity index (χ1n) is 8.28. The third-order valence-electron chi connectivity index (χ3n) is 4.08. The van der Waals surface area contributed by atoms with Crippen molar-refractivity contribution in [2.24, 2.45) is 12.0 Å². The fraction of sp³-hybridized carbons (Fsp3) is 0.588. The monoisotopic (exact) mass is 476 g/mol. The summed E-state index contributed by atoms with van der Waals surface area (Å²) in [4.78, 5) is 9.95. The van der Waals surface area contributed by atoms with E-state index in [0.717, 1.165) is 36.0 Å². The molecule has 0 aromatic carbocycles. The van der Waals surface area contributed by atoms with E-state index in [9.17, 15) is 0 Å². The molecule has 2 aromatic rings. The van der Waals surface area contributed by atoms with Gasteiger partial charge in [0, 0.05) is 49.9 Å². The second-order valence-electron chi connectivity index (χ2n) is 6.14. The van der Waals surface area contributed by atoms with Crippen LogP contribution in [0.25, 0.3) is 0 Å². The summed E-state index contributed by atoms with van der Waals surface area (Å²) in [5.41, 5.74) is 3.64. The minimum absolute atomic E-state index is 0. The first kappa shape index (κ1) is 21.9. The van der Waals surface area contributed by atoms with Crippen LogP contribution in [0.3, 0.4) is 0 Å². The van der Waals surface area contributed by atoms with E-state index in [4.69, 9.17) is 0 Å². The van der Waals surface area contributed by atoms with Crippen LogP contribution in [0.5, 0.6) is 0 Å². The first-order valence-corrected chi connectivity index (χ1v) is 9.10. The lowest BCUT2D eigenvalue weighted by Crippen LogP contribution is -2.43. The molecule has 0 radical (unpaired) electrons. The van der Waals surface area contributed by atoms with Gasteiger partial charge in [-0.25, -0.2) is 4.98 Å². The zero-order valence-electron chi connectivity index (χ0n) is 15.9. The number of halogens is 1. The number of thiazole rings is 1. The van der Waals surface area contributed by atoms with Gasteiger partial charge < -0.3 is 10.6 Å². The molecule has 0 aliphatic carbocycles. The van der Waals surface area contributed by atoms with Crippen molar-refractivity contribution in [3.8, 4) is 0 Å². The Kier molecular flexibility index (Phi) is 8.84. The molecule has 0 saturated heterocycles. The molecule has 0 aliphatic rings. The summed E-state index contributed by atoms with van der Waals surface area (Å²) in [6, 6.07) is 0.278. The predicted octanol–water partition coefficient (Wildman–Crippen LogP) is 2.76. The highest BCUT2D eigenvalue weighted by molar-refractivity contribution is 14.0. The topological polar surface area (TPSA) is 67.1 Å². The van der Waals surface area contributed by atoms with Gasteiger partial charge in [-0.3, -0.25) is 9.67 Å². The number of hydrogen-bond donors (Lipinski definition) is 2. The molecule has 1 atom stereocenters. The van der Waals surface area contributed by atoms with Crippen molar-refractivity contribution in [3.05, 3.63) is 33.0 Å². The number of aliphatic imine (C=N–C) groups is 1. The number of guanidine groups is 1. The Hall–Kier alpha value is -1.16. The highest BCUT2D eigenvalue weighted by Crippen LogP contribution is 2.14. The Morgan fingerprint density at radius 2 is 2.08 bits per heavy atom. The van der Waals surface area contributed by atoms with Crippen LogP contribution >= 0.6 is 35.3 Å². The first-order chi connectivity index (χ1) is 11.4. The van der Waals surface area contributed by atoms with E-state index in [2.05, 4.69) is 53.4 Å². The number of rotatable bonds is 6. The van der Waals surface area contributed by atoms with Gasteiger partial charge in [-0.1, -0.05) is 0 Å². The summed E-state index contributed by atoms with van der Waals surface area (Å²) in [7, 11) is 3.79. The van der Waals surface area contributed by atoms with Crippen LogP contribution in [-0.4, -0.2) is 40.4 Å². The second-order valence-corrected chi connectivity index (χ2v) is 7.46. The number of aryl methyl sites for hydroxylation is 3. The van der Waals surface area contributed by atoms with Crippen LogP contribution < -0.4 is 10.6 Å². The van der Waals surface area contributed by atoms with Gasteiger partial charge in [0.05, 0.1) is 10.7 Å².